The second-order valence-corrected chi connectivity index (χ2v) is 9.76. The van der Waals surface area contributed by atoms with Crippen molar-refractivity contribution in [3.8, 4) is 11.1 Å². The molecule has 178 valence electrons. The molecule has 0 radical (unpaired) electrons. The highest BCUT2D eigenvalue weighted by atomic mass is 35.5. The molecule has 2 aliphatic rings. The van der Waals surface area contributed by atoms with Crippen molar-refractivity contribution in [3.05, 3.63) is 95.0 Å². The molecule has 0 spiro atoms. The predicted molar refractivity (Wildman–Crippen MR) is 138 cm³/mol. The van der Waals surface area contributed by atoms with Gasteiger partial charge in [0.25, 0.3) is 11.8 Å². The van der Waals surface area contributed by atoms with E-state index in [0.29, 0.717) is 30.2 Å². The van der Waals surface area contributed by atoms with Crippen molar-refractivity contribution in [2.45, 2.75) is 18.9 Å². The fourth-order valence-electron chi connectivity index (χ4n) is 4.93. The summed E-state index contributed by atoms with van der Waals surface area (Å²) in [7, 11) is 0. The van der Waals surface area contributed by atoms with Crippen LogP contribution in [0.15, 0.2) is 83.9 Å². The summed E-state index contributed by atoms with van der Waals surface area (Å²) >= 11 is 6.17. The second kappa shape index (κ2) is 9.19. The van der Waals surface area contributed by atoms with Crippen molar-refractivity contribution in [3.63, 3.8) is 0 Å². The number of halogens is 1. The van der Waals surface area contributed by atoms with Gasteiger partial charge in [0.05, 0.1) is 0 Å². The molecule has 3 aromatic carbocycles. The molecule has 5 rings (SSSR count). The lowest BCUT2D eigenvalue weighted by molar-refractivity contribution is -0.131. The Labute approximate surface area is 210 Å². The molecule has 2 N–H and O–H groups in total. The summed E-state index contributed by atoms with van der Waals surface area (Å²) in [6, 6.07) is 24.7. The fraction of sp³-hybridized carbons (Fsp3) is 0.250. The third kappa shape index (κ3) is 4.42. The van der Waals surface area contributed by atoms with Gasteiger partial charge in [-0.15, -0.1) is 0 Å². The van der Waals surface area contributed by atoms with Gasteiger partial charge in [0, 0.05) is 30.2 Å². The number of amides is 2. The van der Waals surface area contributed by atoms with Crippen LogP contribution in [0.1, 0.15) is 29.3 Å². The van der Waals surface area contributed by atoms with Gasteiger partial charge in [-0.2, -0.15) is 0 Å². The fourth-order valence-corrected chi connectivity index (χ4v) is 5.12. The minimum Gasteiger partial charge on any atom is -0.369 e. The summed E-state index contributed by atoms with van der Waals surface area (Å²) in [6.45, 7) is 3.50. The zero-order chi connectivity index (χ0) is 24.6. The molecule has 1 saturated heterocycles. The van der Waals surface area contributed by atoms with Crippen molar-refractivity contribution in [2.75, 3.05) is 19.6 Å². The number of aliphatic imine (C=N–C) groups is 1. The van der Waals surface area contributed by atoms with Crippen LogP contribution in [0.2, 0.25) is 5.02 Å². The molecule has 2 amide bonds. The van der Waals surface area contributed by atoms with Crippen molar-refractivity contribution in [1.29, 1.82) is 0 Å². The summed E-state index contributed by atoms with van der Waals surface area (Å²) in [6.07, 6.45) is 0.816. The highest BCUT2D eigenvalue weighted by Crippen LogP contribution is 2.36. The van der Waals surface area contributed by atoms with E-state index < -0.39 is 5.54 Å². The average Bonchev–Trinajstić information content (AvgIpc) is 3.43. The summed E-state index contributed by atoms with van der Waals surface area (Å²) in [4.78, 5) is 34.4. The van der Waals surface area contributed by atoms with Crippen molar-refractivity contribution in [2.24, 2.45) is 16.6 Å². The van der Waals surface area contributed by atoms with Crippen LogP contribution in [0.3, 0.4) is 0 Å². The molecule has 1 unspecified atom stereocenters. The van der Waals surface area contributed by atoms with Gasteiger partial charge >= 0.3 is 0 Å². The third-order valence-corrected chi connectivity index (χ3v) is 7.13. The normalized spacial score (nSPS) is 21.9. The Bertz CT molecular complexity index is 1310. The number of likely N-dealkylation sites (tertiary alicyclic amines) is 1. The first-order chi connectivity index (χ1) is 16.8. The van der Waals surface area contributed by atoms with Gasteiger partial charge < -0.3 is 10.6 Å². The summed E-state index contributed by atoms with van der Waals surface area (Å²) in [5.41, 5.74) is 8.55. The lowest BCUT2D eigenvalue weighted by Gasteiger charge is -2.25. The van der Waals surface area contributed by atoms with Gasteiger partial charge in [0.15, 0.2) is 11.5 Å². The molecule has 2 heterocycles. The Morgan fingerprint density at radius 1 is 1.06 bits per heavy atom. The monoisotopic (exact) mass is 486 g/mol. The van der Waals surface area contributed by atoms with E-state index in [0.717, 1.165) is 23.1 Å². The zero-order valence-electron chi connectivity index (χ0n) is 19.5. The van der Waals surface area contributed by atoms with Crippen LogP contribution in [0, 0.1) is 5.92 Å². The topological polar surface area (TPSA) is 79.0 Å². The quantitative estimate of drug-likeness (QED) is 0.575. The maximum absolute atomic E-state index is 13.6. The van der Waals surface area contributed by atoms with E-state index in [1.807, 2.05) is 83.8 Å². The van der Waals surface area contributed by atoms with Gasteiger partial charge in [-0.3, -0.25) is 14.5 Å². The van der Waals surface area contributed by atoms with E-state index >= 15 is 0 Å². The lowest BCUT2D eigenvalue weighted by atomic mass is 9.89. The Kier molecular flexibility index (Phi) is 6.07. The molecule has 0 saturated carbocycles. The number of benzene rings is 3. The van der Waals surface area contributed by atoms with Crippen molar-refractivity contribution >= 4 is 29.4 Å². The average molecular weight is 487 g/mol. The van der Waals surface area contributed by atoms with E-state index in [9.17, 15) is 9.59 Å². The van der Waals surface area contributed by atoms with Crippen molar-refractivity contribution < 1.29 is 9.59 Å². The van der Waals surface area contributed by atoms with Crippen LogP contribution in [0.5, 0.6) is 0 Å². The number of carbonyl (C=O) groups excluding carboxylic acids is 2. The first-order valence-electron chi connectivity index (χ1n) is 11.7. The summed E-state index contributed by atoms with van der Waals surface area (Å²) in [5, 5.41) is 0.654. The largest absolute Gasteiger partial charge is 0.369 e. The van der Waals surface area contributed by atoms with E-state index in [1.54, 1.807) is 11.8 Å². The minimum absolute atomic E-state index is 0.0187. The molecule has 0 aliphatic carbocycles. The molecule has 6 nitrogen and oxygen atoms in total. The predicted octanol–water partition coefficient (Wildman–Crippen LogP) is 4.54. The minimum atomic E-state index is -1.10. The number of nitrogens with two attached hydrogens (primary N) is 1. The number of hydrogen-bond acceptors (Lipinski definition) is 4. The van der Waals surface area contributed by atoms with Crippen LogP contribution in [-0.4, -0.2) is 47.2 Å². The molecule has 3 aromatic rings. The standard InChI is InChI=1S/C28H27ClN4O2/c1-28(23-11-5-9-21(15-23)22-10-6-12-24(29)16-22)26(35)33(27(30)31-28)18-19-13-14-32(17-19)25(34)20-7-3-2-4-8-20/h2-12,15-16,19H,13-14,17-18H2,1H3,(H2,30,31)/t19?,28-/m0/s1. The number of guanidine groups is 1. The molecule has 0 aromatic heterocycles. The lowest BCUT2D eigenvalue weighted by Crippen LogP contribution is -2.44. The molecule has 0 bridgehead atoms. The maximum atomic E-state index is 13.6. The highest BCUT2D eigenvalue weighted by Gasteiger charge is 2.46. The van der Waals surface area contributed by atoms with Gasteiger partial charge in [-0.05, 0) is 66.3 Å². The summed E-state index contributed by atoms with van der Waals surface area (Å²) in [5.74, 6) is 0.232. The van der Waals surface area contributed by atoms with E-state index in [-0.39, 0.29) is 23.7 Å². The van der Waals surface area contributed by atoms with Gasteiger partial charge in [-0.25, -0.2) is 4.99 Å². The number of hydrogen-bond donors (Lipinski definition) is 1. The molecule has 1 fully saturated rings. The Balaban J connectivity index is 1.31. The van der Waals surface area contributed by atoms with Crippen LogP contribution in [0.25, 0.3) is 11.1 Å². The summed E-state index contributed by atoms with van der Waals surface area (Å²) < 4.78 is 0. The van der Waals surface area contributed by atoms with Crippen LogP contribution >= 0.6 is 11.6 Å². The van der Waals surface area contributed by atoms with Crippen LogP contribution in [-0.2, 0) is 10.3 Å². The zero-order valence-corrected chi connectivity index (χ0v) is 20.3. The van der Waals surface area contributed by atoms with Gasteiger partial charge in [-0.1, -0.05) is 60.1 Å². The maximum Gasteiger partial charge on any atom is 0.261 e. The van der Waals surface area contributed by atoms with E-state index in [2.05, 4.69) is 4.99 Å². The Morgan fingerprint density at radius 3 is 2.51 bits per heavy atom. The van der Waals surface area contributed by atoms with Crippen LogP contribution < -0.4 is 5.73 Å². The van der Waals surface area contributed by atoms with Crippen molar-refractivity contribution in [1.82, 2.24) is 9.80 Å². The number of carbonyl (C=O) groups is 2. The molecule has 7 heteroatoms. The number of nitrogens with zero attached hydrogens (tertiary/aromatic N) is 3. The Hall–Kier alpha value is -3.64. The first kappa shape index (κ1) is 23.1. The first-order valence-corrected chi connectivity index (χ1v) is 12.1. The molecule has 2 atom stereocenters. The Morgan fingerprint density at radius 2 is 1.77 bits per heavy atom. The molecule has 2 aliphatic heterocycles. The smallest absolute Gasteiger partial charge is 0.261 e. The third-order valence-electron chi connectivity index (χ3n) is 6.89. The molecular formula is C28H27ClN4O2. The highest BCUT2D eigenvalue weighted by molar-refractivity contribution is 6.30. The molecule has 35 heavy (non-hydrogen) atoms. The van der Waals surface area contributed by atoms with Gasteiger partial charge in [0.2, 0.25) is 0 Å². The second-order valence-electron chi connectivity index (χ2n) is 9.32. The SMILES string of the molecule is C[C@@]1(c2cccc(-c3cccc(Cl)c3)c2)N=C(N)N(CC2CCN(C(=O)c3ccccc3)C2)C1=O. The van der Waals surface area contributed by atoms with E-state index in [4.69, 9.17) is 17.3 Å². The number of rotatable bonds is 5. The molecular weight excluding hydrogens is 460 g/mol. The van der Waals surface area contributed by atoms with Gasteiger partial charge in [0.1, 0.15) is 0 Å². The van der Waals surface area contributed by atoms with E-state index in [1.165, 1.54) is 0 Å². The van der Waals surface area contributed by atoms with Crippen LogP contribution in [0.4, 0.5) is 0 Å².